The molecule has 4 rings (SSSR count). The Kier molecular flexibility index (Phi) is 5.07. The van der Waals surface area contributed by atoms with Crippen molar-refractivity contribution in [2.45, 2.75) is 13.3 Å². The number of imide groups is 1. The first-order chi connectivity index (χ1) is 14.1. The minimum absolute atomic E-state index is 0.263. The zero-order chi connectivity index (χ0) is 20.4. The molecule has 0 saturated heterocycles. The van der Waals surface area contributed by atoms with Gasteiger partial charge in [0.1, 0.15) is 11.1 Å². The smallest absolute Gasteiger partial charge is 0.261 e. The molecule has 6 heteroatoms. The zero-order valence-corrected chi connectivity index (χ0v) is 16.6. The van der Waals surface area contributed by atoms with Crippen LogP contribution in [0.2, 0.25) is 0 Å². The third kappa shape index (κ3) is 3.73. The zero-order valence-electron chi connectivity index (χ0n) is 15.8. The van der Waals surface area contributed by atoms with Gasteiger partial charge in [0, 0.05) is 18.3 Å². The molecule has 2 aromatic carbocycles. The second kappa shape index (κ2) is 7.82. The Labute approximate surface area is 172 Å². The lowest BCUT2D eigenvalue weighted by Crippen LogP contribution is -2.31. The molecule has 2 heterocycles. The van der Waals surface area contributed by atoms with Gasteiger partial charge in [0.25, 0.3) is 11.8 Å². The van der Waals surface area contributed by atoms with Crippen LogP contribution in [0.3, 0.4) is 0 Å². The van der Waals surface area contributed by atoms with Gasteiger partial charge in [-0.1, -0.05) is 42.0 Å². The molecule has 0 atom stereocenters. The van der Waals surface area contributed by atoms with Crippen LogP contribution in [0.4, 0.5) is 0 Å². The number of fused-ring (bicyclic) bond motifs is 1. The van der Waals surface area contributed by atoms with E-state index in [1.54, 1.807) is 24.3 Å². The number of carbonyl (C=O) groups excluding carboxylic acids is 2. The maximum absolute atomic E-state index is 12.5. The lowest BCUT2D eigenvalue weighted by atomic mass is 10.1. The molecule has 0 fully saturated rings. The molecule has 0 aliphatic carbocycles. The SMILES string of the molecule is Cc1ccc(/C=C(/C#N)c2nc(CCN3C(=O)c4ccccc4C3=O)cs2)cc1. The van der Waals surface area contributed by atoms with Crippen LogP contribution in [-0.4, -0.2) is 28.2 Å². The Morgan fingerprint density at radius 1 is 1.10 bits per heavy atom. The summed E-state index contributed by atoms with van der Waals surface area (Å²) in [5.74, 6) is -0.531. The molecular formula is C23H17N3O2S. The average Bonchev–Trinajstić information content (AvgIpc) is 3.30. The van der Waals surface area contributed by atoms with Crippen LogP contribution in [0, 0.1) is 18.3 Å². The molecule has 29 heavy (non-hydrogen) atoms. The number of aromatic nitrogens is 1. The fourth-order valence-corrected chi connectivity index (χ4v) is 4.00. The van der Waals surface area contributed by atoms with Crippen LogP contribution in [0.25, 0.3) is 11.6 Å². The molecule has 0 N–H and O–H groups in total. The average molecular weight is 399 g/mol. The molecule has 1 aliphatic rings. The molecule has 0 unspecified atom stereocenters. The molecule has 142 valence electrons. The van der Waals surface area contributed by atoms with E-state index >= 15 is 0 Å². The van der Waals surface area contributed by atoms with Crippen molar-refractivity contribution in [1.82, 2.24) is 9.88 Å². The van der Waals surface area contributed by atoms with Crippen molar-refractivity contribution in [2.75, 3.05) is 6.54 Å². The number of nitrogens with zero attached hydrogens (tertiary/aromatic N) is 3. The molecule has 1 aromatic heterocycles. The fourth-order valence-electron chi connectivity index (χ4n) is 3.19. The first kappa shape index (κ1) is 18.8. The largest absolute Gasteiger partial charge is 0.274 e. The topological polar surface area (TPSA) is 74.1 Å². The highest BCUT2D eigenvalue weighted by molar-refractivity contribution is 7.11. The number of hydrogen-bond donors (Lipinski definition) is 0. The van der Waals surface area contributed by atoms with Gasteiger partial charge in [0.2, 0.25) is 0 Å². The van der Waals surface area contributed by atoms with Crippen LogP contribution in [0.5, 0.6) is 0 Å². The molecule has 0 spiro atoms. The van der Waals surface area contributed by atoms with E-state index in [0.717, 1.165) is 16.8 Å². The summed E-state index contributed by atoms with van der Waals surface area (Å²) in [6.07, 6.45) is 2.26. The summed E-state index contributed by atoms with van der Waals surface area (Å²) in [5.41, 5.74) is 4.24. The molecule has 1 aliphatic heterocycles. The summed E-state index contributed by atoms with van der Waals surface area (Å²) in [6.45, 7) is 2.28. The van der Waals surface area contributed by atoms with Gasteiger partial charge in [-0.3, -0.25) is 14.5 Å². The van der Waals surface area contributed by atoms with E-state index in [-0.39, 0.29) is 18.4 Å². The minimum atomic E-state index is -0.266. The Morgan fingerprint density at radius 3 is 2.38 bits per heavy atom. The summed E-state index contributed by atoms with van der Waals surface area (Å²) < 4.78 is 0. The quantitative estimate of drug-likeness (QED) is 0.472. The van der Waals surface area contributed by atoms with Crippen LogP contribution < -0.4 is 0 Å². The number of hydrogen-bond acceptors (Lipinski definition) is 5. The first-order valence-electron chi connectivity index (χ1n) is 9.15. The van der Waals surface area contributed by atoms with E-state index < -0.39 is 0 Å². The highest BCUT2D eigenvalue weighted by Crippen LogP contribution is 2.25. The van der Waals surface area contributed by atoms with Gasteiger partial charge in [-0.25, -0.2) is 4.98 Å². The van der Waals surface area contributed by atoms with Gasteiger partial charge < -0.3 is 0 Å². The maximum atomic E-state index is 12.5. The number of benzene rings is 2. The molecule has 5 nitrogen and oxygen atoms in total. The highest BCUT2D eigenvalue weighted by atomic mass is 32.1. The molecule has 3 aromatic rings. The summed E-state index contributed by atoms with van der Waals surface area (Å²) >= 11 is 1.39. The predicted octanol–water partition coefficient (Wildman–Crippen LogP) is 4.35. The summed E-state index contributed by atoms with van der Waals surface area (Å²) in [6, 6.07) is 17.0. The predicted molar refractivity (Wildman–Crippen MR) is 112 cm³/mol. The van der Waals surface area contributed by atoms with E-state index in [2.05, 4.69) is 11.1 Å². The highest BCUT2D eigenvalue weighted by Gasteiger charge is 2.34. The van der Waals surface area contributed by atoms with Crippen molar-refractivity contribution >= 4 is 34.8 Å². The van der Waals surface area contributed by atoms with Crippen LogP contribution >= 0.6 is 11.3 Å². The van der Waals surface area contributed by atoms with Crippen molar-refractivity contribution < 1.29 is 9.59 Å². The van der Waals surface area contributed by atoms with E-state index in [1.165, 1.54) is 16.2 Å². The van der Waals surface area contributed by atoms with Gasteiger partial charge in [0.05, 0.1) is 22.4 Å². The van der Waals surface area contributed by atoms with Crippen molar-refractivity contribution in [1.29, 1.82) is 5.26 Å². The second-order valence-corrected chi connectivity index (χ2v) is 7.64. The van der Waals surface area contributed by atoms with Crippen molar-refractivity contribution in [3.05, 3.63) is 86.9 Å². The minimum Gasteiger partial charge on any atom is -0.274 e. The maximum Gasteiger partial charge on any atom is 0.261 e. The molecule has 0 saturated carbocycles. The summed E-state index contributed by atoms with van der Waals surface area (Å²) in [7, 11) is 0. The second-order valence-electron chi connectivity index (χ2n) is 6.78. The molecule has 0 radical (unpaired) electrons. The molecule has 0 bridgehead atoms. The van der Waals surface area contributed by atoms with E-state index in [4.69, 9.17) is 0 Å². The third-order valence-electron chi connectivity index (χ3n) is 4.76. The summed E-state index contributed by atoms with van der Waals surface area (Å²) in [5, 5.41) is 12.0. The van der Waals surface area contributed by atoms with Crippen LogP contribution in [-0.2, 0) is 6.42 Å². The standard InChI is InChI=1S/C23H17N3O2S/c1-15-6-8-16(9-7-15)12-17(13-24)21-25-18(14-29-21)10-11-26-22(27)19-4-2-3-5-20(19)23(26)28/h2-9,12,14H,10-11H2,1H3/b17-12-. The summed E-state index contributed by atoms with van der Waals surface area (Å²) in [4.78, 5) is 30.7. The third-order valence-corrected chi connectivity index (χ3v) is 5.69. The van der Waals surface area contributed by atoms with Crippen molar-refractivity contribution in [3.63, 3.8) is 0 Å². The lowest BCUT2D eigenvalue weighted by Gasteiger charge is -2.12. The number of amides is 2. The number of aryl methyl sites for hydroxylation is 1. The molecular weight excluding hydrogens is 382 g/mol. The van der Waals surface area contributed by atoms with Crippen molar-refractivity contribution in [3.8, 4) is 6.07 Å². The Hall–Kier alpha value is -3.56. The number of carbonyl (C=O) groups is 2. The Balaban J connectivity index is 1.47. The molecule has 2 amide bonds. The van der Waals surface area contributed by atoms with Crippen LogP contribution in [0.15, 0.2) is 53.9 Å². The van der Waals surface area contributed by atoms with Crippen LogP contribution in [0.1, 0.15) is 42.5 Å². The van der Waals surface area contributed by atoms with Crippen molar-refractivity contribution in [2.24, 2.45) is 0 Å². The number of nitriles is 1. The normalized spacial score (nSPS) is 13.5. The monoisotopic (exact) mass is 399 g/mol. The number of allylic oxidation sites excluding steroid dienone is 1. The van der Waals surface area contributed by atoms with E-state index in [1.807, 2.05) is 42.6 Å². The fraction of sp³-hybridized carbons (Fsp3) is 0.130. The first-order valence-corrected chi connectivity index (χ1v) is 10.0. The van der Waals surface area contributed by atoms with Gasteiger partial charge in [-0.15, -0.1) is 11.3 Å². The van der Waals surface area contributed by atoms with E-state index in [9.17, 15) is 14.9 Å². The van der Waals surface area contributed by atoms with Gasteiger partial charge in [-0.05, 0) is 30.7 Å². The Morgan fingerprint density at radius 2 is 1.76 bits per heavy atom. The Bertz CT molecular complexity index is 1130. The number of rotatable bonds is 5. The van der Waals surface area contributed by atoms with Gasteiger partial charge in [0.15, 0.2) is 0 Å². The lowest BCUT2D eigenvalue weighted by molar-refractivity contribution is 0.0656. The van der Waals surface area contributed by atoms with E-state index in [0.29, 0.717) is 28.1 Å². The van der Waals surface area contributed by atoms with Gasteiger partial charge in [-0.2, -0.15) is 5.26 Å². The number of thiazole rings is 1. The van der Waals surface area contributed by atoms with Gasteiger partial charge >= 0.3 is 0 Å².